The van der Waals surface area contributed by atoms with Gasteiger partial charge in [0.1, 0.15) is 0 Å². The Balaban J connectivity index is 0.00000182. The maximum Gasteiger partial charge on any atom is -0.147 e. The molecular weight excluding hydrogens is 556 g/mol. The summed E-state index contributed by atoms with van der Waals surface area (Å²) in [5.74, 6) is 0. The number of allylic oxidation sites excluding steroid dienone is 8. The van der Waals surface area contributed by atoms with Crippen LogP contribution in [0.25, 0.3) is 0 Å². The molecule has 27 heavy (non-hydrogen) atoms. The Hall–Kier alpha value is -0.713. The summed E-state index contributed by atoms with van der Waals surface area (Å²) in [7, 11) is 0. The zero-order chi connectivity index (χ0) is 17.5. The molecule has 0 saturated carbocycles. The molecule has 0 fully saturated rings. The largest absolute Gasteiger partial charge is 0.147 e. The Kier molecular flexibility index (Phi) is 10.8. The Bertz CT molecular complexity index is 713. The summed E-state index contributed by atoms with van der Waals surface area (Å²) >= 11 is -3.07. The van der Waals surface area contributed by atoms with E-state index in [9.17, 15) is 0 Å². The first-order chi connectivity index (χ1) is 12.3. The first kappa shape index (κ1) is 24.3. The van der Waals surface area contributed by atoms with Crippen LogP contribution in [0.2, 0.25) is 0 Å². The van der Waals surface area contributed by atoms with Crippen LogP contribution in [0.4, 0.5) is 0 Å². The summed E-state index contributed by atoms with van der Waals surface area (Å²) < 4.78 is 6.31. The Labute approximate surface area is 182 Å². The number of hydrogen-bond donors (Lipinski definition) is 0. The number of hydrogen-bond acceptors (Lipinski definition) is 1. The molecule has 1 aromatic rings. The third-order valence-corrected chi connectivity index (χ3v) is 43.0. The quantitative estimate of drug-likeness (QED) is 0.301. The summed E-state index contributed by atoms with van der Waals surface area (Å²) in [6.07, 6.45) is 20.6. The number of nitrogens with zero attached hydrogens (tertiary/aromatic N) is 1. The van der Waals surface area contributed by atoms with Crippen LogP contribution in [0.3, 0.4) is 0 Å². The van der Waals surface area contributed by atoms with Crippen molar-refractivity contribution in [3.05, 3.63) is 98.8 Å². The van der Waals surface area contributed by atoms with Crippen molar-refractivity contribution < 1.29 is 19.4 Å². The van der Waals surface area contributed by atoms with Gasteiger partial charge in [-0.3, -0.25) is 0 Å². The molecule has 0 unspecified atom stereocenters. The van der Waals surface area contributed by atoms with Gasteiger partial charge in [0.05, 0.1) is 0 Å². The third-order valence-electron chi connectivity index (χ3n) is 5.15. The maximum absolute atomic E-state index is 4.06. The zero-order valence-corrected chi connectivity index (χ0v) is 22.4. The molecule has 1 aromatic carbocycles. The summed E-state index contributed by atoms with van der Waals surface area (Å²) in [4.78, 5) is 0. The van der Waals surface area contributed by atoms with Crippen LogP contribution in [-0.2, 0) is 19.4 Å². The van der Waals surface area contributed by atoms with Gasteiger partial charge in [-0.25, -0.2) is 0 Å². The van der Waals surface area contributed by atoms with Gasteiger partial charge < -0.3 is 0 Å². The number of halogens is 2. The first-order valence-corrected chi connectivity index (χ1v) is 23.3. The Morgan fingerprint density at radius 2 is 1.41 bits per heavy atom. The smallest absolute Gasteiger partial charge is 0.147 e. The van der Waals surface area contributed by atoms with Crippen molar-refractivity contribution in [2.45, 2.75) is 12.8 Å². The van der Waals surface area contributed by atoms with Crippen LogP contribution in [0.5, 0.6) is 0 Å². The van der Waals surface area contributed by atoms with E-state index in [1.807, 2.05) is 0 Å². The fraction of sp³-hybridized carbons (Fsp3) is 0.182. The number of benzene rings is 1. The van der Waals surface area contributed by atoms with Crippen LogP contribution >= 0.6 is 24.8 Å². The second-order valence-corrected chi connectivity index (χ2v) is 33.1. The zero-order valence-electron chi connectivity index (χ0n) is 15.7. The minimum absolute atomic E-state index is 0. The van der Waals surface area contributed by atoms with Crippen molar-refractivity contribution in [2.75, 3.05) is 13.1 Å². The Morgan fingerprint density at radius 3 is 1.81 bits per heavy atom. The Morgan fingerprint density at radius 1 is 0.889 bits per heavy atom. The second kappa shape index (κ2) is 12.0. The summed E-state index contributed by atoms with van der Waals surface area (Å²) in [5.41, 5.74) is 0. The predicted molar refractivity (Wildman–Crippen MR) is 125 cm³/mol. The van der Waals surface area contributed by atoms with Crippen LogP contribution in [0.15, 0.2) is 98.8 Å². The van der Waals surface area contributed by atoms with Crippen LogP contribution in [0, 0.1) is 0 Å². The van der Waals surface area contributed by atoms with E-state index in [-0.39, 0.29) is 24.8 Å². The molecule has 144 valence electrons. The second-order valence-electron chi connectivity index (χ2n) is 6.65. The van der Waals surface area contributed by atoms with Crippen LogP contribution in [-0.4, -0.2) is 22.7 Å². The molecule has 0 atom stereocenters. The molecule has 0 heterocycles. The van der Waals surface area contributed by atoms with Gasteiger partial charge in [-0.05, 0) is 0 Å². The monoisotopic (exact) mass is 585 g/mol. The maximum atomic E-state index is 4.06. The molecule has 5 heteroatoms. The molecule has 0 radical (unpaired) electrons. The van der Waals surface area contributed by atoms with E-state index in [1.165, 1.54) is 0 Å². The van der Waals surface area contributed by atoms with Crippen molar-refractivity contribution in [1.29, 1.82) is 0 Å². The normalized spacial score (nSPS) is 15.4. The van der Waals surface area contributed by atoms with Crippen molar-refractivity contribution in [2.24, 2.45) is 0 Å². The molecule has 3 rings (SSSR count). The standard InChI is InChI=1S/C6H10N.C6H7Si.2C5H5.2ClH.Hf/c1-3-5-7-6-4-2;7-6-4-2-1-3-5-6;2*1-2-4-5-3-1;;;/h3-4H,1-2,5-6H2;1-5H,7H2;2*1-3H,4H2;2*1H;/q-1;;;;;;+1. The van der Waals surface area contributed by atoms with Crippen LogP contribution < -0.4 is 5.19 Å². The molecule has 0 amide bonds. The van der Waals surface area contributed by atoms with Gasteiger partial charge in [0.2, 0.25) is 0 Å². The molecular formula is C22H29Cl2HfNSi. The van der Waals surface area contributed by atoms with E-state index in [1.54, 1.807) is 11.8 Å². The average molecular weight is 585 g/mol. The van der Waals surface area contributed by atoms with E-state index in [4.69, 9.17) is 0 Å². The fourth-order valence-electron chi connectivity index (χ4n) is 4.05. The minimum atomic E-state index is -3.07. The van der Waals surface area contributed by atoms with Gasteiger partial charge in [0.25, 0.3) is 0 Å². The number of rotatable bonds is 9. The van der Waals surface area contributed by atoms with Crippen molar-refractivity contribution >= 4 is 36.7 Å². The van der Waals surface area contributed by atoms with Crippen molar-refractivity contribution in [3.63, 3.8) is 0 Å². The SMILES string of the molecule is C=CC[N](CC=C)[Hf]([SiH2]c1ccccc1)([C]1=CC=CC1)[C]1=CC=CC1.Cl.Cl. The molecule has 2 aliphatic rings. The van der Waals surface area contributed by atoms with E-state index in [2.05, 4.69) is 95.0 Å². The molecule has 0 N–H and O–H groups in total. The average Bonchev–Trinajstić information content (AvgIpc) is 3.34. The molecule has 0 aliphatic heterocycles. The van der Waals surface area contributed by atoms with E-state index in [0.717, 1.165) is 25.9 Å². The molecule has 0 spiro atoms. The molecule has 0 saturated heterocycles. The van der Waals surface area contributed by atoms with Gasteiger partial charge in [-0.15, -0.1) is 24.8 Å². The van der Waals surface area contributed by atoms with Gasteiger partial charge >= 0.3 is 159 Å². The molecule has 0 aromatic heterocycles. The first-order valence-electron chi connectivity index (χ1n) is 9.04. The third kappa shape index (κ3) is 5.42. The molecule has 0 bridgehead atoms. The van der Waals surface area contributed by atoms with E-state index in [0.29, 0.717) is 0 Å². The van der Waals surface area contributed by atoms with Gasteiger partial charge in [0.15, 0.2) is 0 Å². The summed E-state index contributed by atoms with van der Waals surface area (Å²) in [6, 6.07) is 11.2. The summed E-state index contributed by atoms with van der Waals surface area (Å²) in [6.45, 7) is 9.66. The predicted octanol–water partition coefficient (Wildman–Crippen LogP) is 4.67. The van der Waals surface area contributed by atoms with Crippen LogP contribution in [0.1, 0.15) is 12.8 Å². The topological polar surface area (TPSA) is 3.24 Å². The van der Waals surface area contributed by atoms with E-state index >= 15 is 0 Å². The minimum Gasteiger partial charge on any atom is -0.147 e. The molecule has 2 aliphatic carbocycles. The van der Waals surface area contributed by atoms with Crippen molar-refractivity contribution in [1.82, 2.24) is 2.89 Å². The van der Waals surface area contributed by atoms with Gasteiger partial charge in [0, 0.05) is 0 Å². The van der Waals surface area contributed by atoms with Gasteiger partial charge in [-0.2, -0.15) is 0 Å². The summed E-state index contributed by atoms with van der Waals surface area (Å²) in [5, 5.41) is 1.60. The van der Waals surface area contributed by atoms with E-state index < -0.39 is 26.1 Å². The fourth-order valence-corrected chi connectivity index (χ4v) is 42.0. The van der Waals surface area contributed by atoms with Crippen molar-refractivity contribution in [3.8, 4) is 0 Å². The molecule has 1 nitrogen and oxygen atoms in total. The van der Waals surface area contributed by atoms with Gasteiger partial charge in [-0.1, -0.05) is 0 Å².